The summed E-state index contributed by atoms with van der Waals surface area (Å²) < 4.78 is 32.7. The van der Waals surface area contributed by atoms with E-state index in [9.17, 15) is 9.59 Å². The van der Waals surface area contributed by atoms with E-state index in [0.717, 1.165) is 0 Å². The fourth-order valence-corrected chi connectivity index (χ4v) is 2.47. The zero-order valence-electron chi connectivity index (χ0n) is 14.3. The molecule has 134 valence electrons. The number of hydrogen-bond acceptors (Lipinski definition) is 8. The van der Waals surface area contributed by atoms with Gasteiger partial charge in [0.15, 0.2) is 18.5 Å². The molecule has 0 bridgehead atoms. The summed E-state index contributed by atoms with van der Waals surface area (Å²) >= 11 is 0. The smallest absolute Gasteiger partial charge is 0.303 e. The van der Waals surface area contributed by atoms with Crippen LogP contribution in [0.2, 0.25) is 0 Å². The van der Waals surface area contributed by atoms with Gasteiger partial charge in [0.2, 0.25) is 0 Å². The molecule has 0 aromatic rings. The molecule has 1 aliphatic heterocycles. The van der Waals surface area contributed by atoms with Gasteiger partial charge >= 0.3 is 11.9 Å². The number of methoxy groups -OCH3 is 1. The van der Waals surface area contributed by atoms with Crippen LogP contribution >= 0.6 is 0 Å². The zero-order chi connectivity index (χ0) is 17.4. The third-order valence-electron chi connectivity index (χ3n) is 3.27. The molecular formula is C15H26O8. The molecule has 8 heteroatoms. The van der Waals surface area contributed by atoms with Gasteiger partial charge in [-0.1, -0.05) is 0 Å². The van der Waals surface area contributed by atoms with Crippen molar-refractivity contribution in [2.75, 3.05) is 26.9 Å². The van der Waals surface area contributed by atoms with E-state index < -0.39 is 42.6 Å². The van der Waals surface area contributed by atoms with Gasteiger partial charge in [-0.25, -0.2) is 0 Å². The number of carbonyl (C=O) groups excluding carboxylic acids is 2. The van der Waals surface area contributed by atoms with E-state index in [-0.39, 0.29) is 6.61 Å². The molecule has 1 saturated heterocycles. The Morgan fingerprint density at radius 1 is 0.957 bits per heavy atom. The van der Waals surface area contributed by atoms with Gasteiger partial charge < -0.3 is 28.4 Å². The topological polar surface area (TPSA) is 89.5 Å². The molecule has 1 rings (SSSR count). The van der Waals surface area contributed by atoms with Crippen molar-refractivity contribution in [1.29, 1.82) is 0 Å². The summed E-state index contributed by atoms with van der Waals surface area (Å²) in [5.74, 6) is -1.04. The van der Waals surface area contributed by atoms with Gasteiger partial charge in [0.25, 0.3) is 0 Å². The second kappa shape index (κ2) is 9.82. The molecule has 0 saturated carbocycles. The highest BCUT2D eigenvalue weighted by Gasteiger charge is 2.50. The van der Waals surface area contributed by atoms with Crippen LogP contribution in [0.25, 0.3) is 0 Å². The highest BCUT2D eigenvalue weighted by atomic mass is 16.7. The van der Waals surface area contributed by atoms with Crippen LogP contribution in [0.15, 0.2) is 0 Å². The van der Waals surface area contributed by atoms with Crippen molar-refractivity contribution in [1.82, 2.24) is 0 Å². The van der Waals surface area contributed by atoms with Crippen molar-refractivity contribution in [3.8, 4) is 0 Å². The normalized spacial score (nSPS) is 30.7. The summed E-state index contributed by atoms with van der Waals surface area (Å²) in [6, 6.07) is 0. The van der Waals surface area contributed by atoms with E-state index in [4.69, 9.17) is 28.4 Å². The standard InChI is InChI=1S/C15H26O8/c1-6-19-8-11-12(20-7-2)13(21-9(3)16)14(22-10(4)17)15(18-5)23-11/h11-15H,6-8H2,1-5H3/t11-,12-,13+,14+,15+/m1/s1. The van der Waals surface area contributed by atoms with Gasteiger partial charge in [-0.05, 0) is 13.8 Å². The molecule has 0 radical (unpaired) electrons. The van der Waals surface area contributed by atoms with Gasteiger partial charge in [0, 0.05) is 34.2 Å². The SMILES string of the molecule is CCOC[C@H]1O[C@H](OC)[C@@H](OC(C)=O)[C@@H](OC(C)=O)[C@@H]1OCC. The summed E-state index contributed by atoms with van der Waals surface area (Å²) in [6.07, 6.45) is -3.80. The Labute approximate surface area is 136 Å². The molecule has 0 amide bonds. The van der Waals surface area contributed by atoms with Crippen LogP contribution in [0, 0.1) is 0 Å². The molecule has 8 nitrogen and oxygen atoms in total. The molecular weight excluding hydrogens is 308 g/mol. The minimum atomic E-state index is -0.921. The van der Waals surface area contributed by atoms with E-state index in [1.807, 2.05) is 13.8 Å². The molecule has 0 aromatic carbocycles. The van der Waals surface area contributed by atoms with Crippen LogP contribution in [0.4, 0.5) is 0 Å². The lowest BCUT2D eigenvalue weighted by atomic mass is 9.98. The molecule has 1 fully saturated rings. The number of ether oxygens (including phenoxy) is 6. The summed E-state index contributed by atoms with van der Waals surface area (Å²) in [5.41, 5.74) is 0. The highest BCUT2D eigenvalue weighted by molar-refractivity contribution is 5.67. The van der Waals surface area contributed by atoms with Gasteiger partial charge in [0.05, 0.1) is 6.61 Å². The van der Waals surface area contributed by atoms with Crippen molar-refractivity contribution in [2.45, 2.75) is 58.4 Å². The zero-order valence-corrected chi connectivity index (χ0v) is 14.3. The monoisotopic (exact) mass is 334 g/mol. The second-order valence-corrected chi connectivity index (χ2v) is 5.01. The lowest BCUT2D eigenvalue weighted by Crippen LogP contribution is -2.62. The Bertz CT molecular complexity index is 386. The Balaban J connectivity index is 3.07. The maximum absolute atomic E-state index is 11.5. The quantitative estimate of drug-likeness (QED) is 0.598. The third kappa shape index (κ3) is 5.72. The molecule has 0 N–H and O–H groups in total. The van der Waals surface area contributed by atoms with Gasteiger partial charge in [0.1, 0.15) is 12.2 Å². The minimum absolute atomic E-state index is 0.242. The predicted molar refractivity (Wildman–Crippen MR) is 78.7 cm³/mol. The first-order valence-corrected chi connectivity index (χ1v) is 7.66. The van der Waals surface area contributed by atoms with Gasteiger partial charge in [-0.3, -0.25) is 9.59 Å². The summed E-state index contributed by atoms with van der Waals surface area (Å²) in [5, 5.41) is 0. The van der Waals surface area contributed by atoms with Crippen molar-refractivity contribution >= 4 is 11.9 Å². The lowest BCUT2D eigenvalue weighted by molar-refractivity contribution is -0.307. The summed E-state index contributed by atoms with van der Waals surface area (Å²) in [7, 11) is 1.42. The molecule has 1 heterocycles. The average molecular weight is 334 g/mol. The Kier molecular flexibility index (Phi) is 8.46. The van der Waals surface area contributed by atoms with E-state index in [1.54, 1.807) is 0 Å². The molecule has 0 aliphatic carbocycles. The third-order valence-corrected chi connectivity index (χ3v) is 3.27. The van der Waals surface area contributed by atoms with Crippen LogP contribution < -0.4 is 0 Å². The first-order chi connectivity index (χ1) is 10.9. The first kappa shape index (κ1) is 19.8. The number of carbonyl (C=O) groups is 2. The molecule has 0 unspecified atom stereocenters. The Morgan fingerprint density at radius 2 is 1.57 bits per heavy atom. The number of hydrogen-bond donors (Lipinski definition) is 0. The van der Waals surface area contributed by atoms with Crippen molar-refractivity contribution < 1.29 is 38.0 Å². The van der Waals surface area contributed by atoms with Gasteiger partial charge in [-0.2, -0.15) is 0 Å². The van der Waals surface area contributed by atoms with Crippen LogP contribution in [-0.2, 0) is 38.0 Å². The average Bonchev–Trinajstić information content (AvgIpc) is 2.48. The maximum Gasteiger partial charge on any atom is 0.303 e. The fraction of sp³-hybridized carbons (Fsp3) is 0.867. The number of esters is 2. The largest absolute Gasteiger partial charge is 0.455 e. The van der Waals surface area contributed by atoms with Crippen molar-refractivity contribution in [2.24, 2.45) is 0 Å². The van der Waals surface area contributed by atoms with Crippen LogP contribution in [0.5, 0.6) is 0 Å². The molecule has 1 aliphatic rings. The van der Waals surface area contributed by atoms with Crippen molar-refractivity contribution in [3.63, 3.8) is 0 Å². The van der Waals surface area contributed by atoms with Crippen LogP contribution in [0.1, 0.15) is 27.7 Å². The maximum atomic E-state index is 11.5. The van der Waals surface area contributed by atoms with Crippen molar-refractivity contribution in [3.05, 3.63) is 0 Å². The fourth-order valence-electron chi connectivity index (χ4n) is 2.47. The molecule has 0 aromatic heterocycles. The van der Waals surface area contributed by atoms with Gasteiger partial charge in [-0.15, -0.1) is 0 Å². The van der Waals surface area contributed by atoms with E-state index in [2.05, 4.69) is 0 Å². The Hall–Kier alpha value is -1.22. The molecule has 0 spiro atoms. The van der Waals surface area contributed by atoms with Crippen LogP contribution in [-0.4, -0.2) is 69.6 Å². The Morgan fingerprint density at radius 3 is 2.04 bits per heavy atom. The van der Waals surface area contributed by atoms with E-state index in [0.29, 0.717) is 13.2 Å². The second-order valence-electron chi connectivity index (χ2n) is 5.01. The van der Waals surface area contributed by atoms with E-state index >= 15 is 0 Å². The van der Waals surface area contributed by atoms with E-state index in [1.165, 1.54) is 21.0 Å². The molecule has 23 heavy (non-hydrogen) atoms. The van der Waals surface area contributed by atoms with Crippen LogP contribution in [0.3, 0.4) is 0 Å². The molecule has 5 atom stereocenters. The first-order valence-electron chi connectivity index (χ1n) is 7.66. The summed E-state index contributed by atoms with van der Waals surface area (Å²) in [6.45, 7) is 7.33. The minimum Gasteiger partial charge on any atom is -0.455 e. The number of rotatable bonds is 8. The lowest BCUT2D eigenvalue weighted by Gasteiger charge is -2.44. The predicted octanol–water partition coefficient (Wildman–Crippen LogP) is 0.663. The summed E-state index contributed by atoms with van der Waals surface area (Å²) in [4.78, 5) is 22.9. The highest BCUT2D eigenvalue weighted by Crippen LogP contribution is 2.29.